The van der Waals surface area contributed by atoms with Gasteiger partial charge in [-0.3, -0.25) is 0 Å². The maximum absolute atomic E-state index is 4.13. The Morgan fingerprint density at radius 1 is 1.45 bits per heavy atom. The van der Waals surface area contributed by atoms with Gasteiger partial charge < -0.3 is 10.2 Å². The van der Waals surface area contributed by atoms with Crippen molar-refractivity contribution < 1.29 is 0 Å². The second-order valence-electron chi connectivity index (χ2n) is 5.52. The van der Waals surface area contributed by atoms with Gasteiger partial charge in [-0.1, -0.05) is 37.8 Å². The second kappa shape index (κ2) is 4.86. The minimum absolute atomic E-state index is 0.307. The van der Waals surface area contributed by atoms with Gasteiger partial charge in [-0.2, -0.15) is 0 Å². The van der Waals surface area contributed by atoms with Crippen molar-refractivity contribution in [2.45, 2.75) is 33.2 Å². The third-order valence-corrected chi connectivity index (χ3v) is 4.33. The summed E-state index contributed by atoms with van der Waals surface area (Å²) in [5.41, 5.74) is 8.05. The molecule has 2 nitrogen and oxygen atoms in total. The first-order valence-electron chi connectivity index (χ1n) is 7.34. The van der Waals surface area contributed by atoms with E-state index in [1.54, 1.807) is 0 Å². The molecule has 1 saturated heterocycles. The third kappa shape index (κ3) is 1.79. The highest BCUT2D eigenvalue weighted by atomic mass is 15.2. The molecule has 2 aliphatic rings. The van der Waals surface area contributed by atoms with E-state index in [0.717, 1.165) is 18.7 Å². The Hall–Kier alpha value is -1.96. The zero-order chi connectivity index (χ0) is 14.3. The van der Waals surface area contributed by atoms with Crippen molar-refractivity contribution in [3.8, 4) is 0 Å². The molecule has 20 heavy (non-hydrogen) atoms. The summed E-state index contributed by atoms with van der Waals surface area (Å²) < 4.78 is 0. The van der Waals surface area contributed by atoms with Crippen molar-refractivity contribution in [3.63, 3.8) is 0 Å². The molecule has 2 heterocycles. The van der Waals surface area contributed by atoms with Gasteiger partial charge in [0.05, 0.1) is 6.04 Å². The van der Waals surface area contributed by atoms with E-state index in [2.05, 4.69) is 67.9 Å². The van der Waals surface area contributed by atoms with Crippen LogP contribution in [0.4, 0.5) is 5.69 Å². The van der Waals surface area contributed by atoms with Gasteiger partial charge >= 0.3 is 0 Å². The number of likely N-dealkylation sites (tertiary alicyclic amines) is 1. The number of hydrogen-bond acceptors (Lipinski definition) is 2. The topological polar surface area (TPSA) is 15.3 Å². The monoisotopic (exact) mass is 266 g/mol. The van der Waals surface area contributed by atoms with E-state index in [-0.39, 0.29) is 0 Å². The highest BCUT2D eigenvalue weighted by Crippen LogP contribution is 2.43. The highest BCUT2D eigenvalue weighted by Gasteiger charge is 2.37. The van der Waals surface area contributed by atoms with Crippen LogP contribution >= 0.6 is 0 Å². The van der Waals surface area contributed by atoms with Crippen LogP contribution in [0.15, 0.2) is 53.9 Å². The Kier molecular flexibility index (Phi) is 3.17. The smallest absolute Gasteiger partial charge is 0.0899 e. The number of fused-ring (bicyclic) bond motifs is 2. The second-order valence-corrected chi connectivity index (χ2v) is 5.52. The van der Waals surface area contributed by atoms with Crippen molar-refractivity contribution in [3.05, 3.63) is 59.5 Å². The molecule has 0 radical (unpaired) electrons. The summed E-state index contributed by atoms with van der Waals surface area (Å²) in [6, 6.07) is 8.94. The molecule has 0 aromatic heterocycles. The number of allylic oxidation sites excluding steroid dienone is 3. The molecular weight excluding hydrogens is 244 g/mol. The lowest BCUT2D eigenvalue weighted by molar-refractivity contribution is 0.503. The average Bonchev–Trinajstić information content (AvgIpc) is 2.83. The Balaban J connectivity index is 2.15. The Labute approximate surface area is 121 Å². The largest absolute Gasteiger partial charge is 0.373 e. The molecule has 0 saturated carbocycles. The fraction of sp³-hybridized carbons (Fsp3) is 0.333. The van der Waals surface area contributed by atoms with Gasteiger partial charge in [-0.25, -0.2) is 0 Å². The summed E-state index contributed by atoms with van der Waals surface area (Å²) in [5.74, 6) is 0. The van der Waals surface area contributed by atoms with Crippen LogP contribution in [-0.2, 0) is 0 Å². The number of anilines is 1. The summed E-state index contributed by atoms with van der Waals surface area (Å²) in [7, 11) is 0. The molecule has 1 N–H and O–H groups in total. The number of hydrogen-bond donors (Lipinski definition) is 1. The lowest BCUT2D eigenvalue weighted by Crippen LogP contribution is -2.26. The molecule has 104 valence electrons. The first-order chi connectivity index (χ1) is 9.67. The van der Waals surface area contributed by atoms with E-state index in [1.807, 2.05) is 0 Å². The molecule has 1 aromatic rings. The lowest BCUT2D eigenvalue weighted by atomic mass is 9.89. The lowest BCUT2D eigenvalue weighted by Gasteiger charge is -2.28. The first kappa shape index (κ1) is 13.0. The van der Waals surface area contributed by atoms with Gasteiger partial charge in [0, 0.05) is 29.2 Å². The molecule has 2 aliphatic heterocycles. The van der Waals surface area contributed by atoms with Crippen molar-refractivity contribution in [2.24, 2.45) is 0 Å². The number of para-hydroxylation sites is 1. The Morgan fingerprint density at radius 3 is 2.85 bits per heavy atom. The van der Waals surface area contributed by atoms with Crippen LogP contribution in [0.3, 0.4) is 0 Å². The van der Waals surface area contributed by atoms with Crippen LogP contribution in [0, 0.1) is 0 Å². The van der Waals surface area contributed by atoms with E-state index in [9.17, 15) is 0 Å². The quantitative estimate of drug-likeness (QED) is 0.853. The molecule has 1 aromatic carbocycles. The summed E-state index contributed by atoms with van der Waals surface area (Å²) in [5, 5.41) is 3.70. The molecule has 0 aliphatic carbocycles. The van der Waals surface area contributed by atoms with Crippen LogP contribution in [0.5, 0.6) is 0 Å². The maximum Gasteiger partial charge on any atom is 0.0899 e. The molecule has 1 atom stereocenters. The summed E-state index contributed by atoms with van der Waals surface area (Å²) in [4.78, 5) is 2.33. The molecule has 1 unspecified atom stereocenters. The molecule has 0 spiro atoms. The van der Waals surface area contributed by atoms with E-state index in [1.165, 1.54) is 28.1 Å². The molecular formula is C18H22N2. The van der Waals surface area contributed by atoms with Gasteiger partial charge in [0.15, 0.2) is 0 Å². The van der Waals surface area contributed by atoms with Gasteiger partial charge in [0.1, 0.15) is 0 Å². The Morgan fingerprint density at radius 2 is 2.20 bits per heavy atom. The minimum Gasteiger partial charge on any atom is -0.373 e. The number of nitrogens with one attached hydrogen (secondary N) is 1. The summed E-state index contributed by atoms with van der Waals surface area (Å²) in [6.07, 6.45) is 3.28. The number of benzene rings is 1. The van der Waals surface area contributed by atoms with Gasteiger partial charge in [0.25, 0.3) is 0 Å². The molecule has 3 rings (SSSR count). The van der Waals surface area contributed by atoms with Gasteiger partial charge in [-0.05, 0) is 37.5 Å². The van der Waals surface area contributed by atoms with E-state index in [0.29, 0.717) is 6.04 Å². The van der Waals surface area contributed by atoms with Crippen molar-refractivity contribution >= 4 is 11.3 Å². The average molecular weight is 266 g/mol. The fourth-order valence-corrected chi connectivity index (χ4v) is 3.41. The van der Waals surface area contributed by atoms with Crippen LogP contribution in [0.2, 0.25) is 0 Å². The SMILES string of the molecule is C=C(C)N1CC2=C(CC)c3ccccc3NC2/C1=C/C. The number of rotatable bonds is 2. The summed E-state index contributed by atoms with van der Waals surface area (Å²) >= 11 is 0. The van der Waals surface area contributed by atoms with Crippen LogP contribution in [0.25, 0.3) is 5.57 Å². The van der Waals surface area contributed by atoms with Crippen LogP contribution < -0.4 is 5.32 Å². The Bertz CT molecular complexity index is 622. The fourth-order valence-electron chi connectivity index (χ4n) is 3.41. The van der Waals surface area contributed by atoms with Gasteiger partial charge in [0.2, 0.25) is 0 Å². The third-order valence-electron chi connectivity index (χ3n) is 4.33. The van der Waals surface area contributed by atoms with Crippen LogP contribution in [0.1, 0.15) is 32.8 Å². The van der Waals surface area contributed by atoms with Crippen molar-refractivity contribution in [1.29, 1.82) is 0 Å². The van der Waals surface area contributed by atoms with Crippen LogP contribution in [-0.4, -0.2) is 17.5 Å². The maximum atomic E-state index is 4.13. The zero-order valence-corrected chi connectivity index (χ0v) is 12.5. The molecule has 0 bridgehead atoms. The zero-order valence-electron chi connectivity index (χ0n) is 12.5. The molecule has 2 heteroatoms. The van der Waals surface area contributed by atoms with E-state index < -0.39 is 0 Å². The predicted molar refractivity (Wildman–Crippen MR) is 86.3 cm³/mol. The van der Waals surface area contributed by atoms with Crippen molar-refractivity contribution in [1.82, 2.24) is 4.90 Å². The van der Waals surface area contributed by atoms with E-state index >= 15 is 0 Å². The molecule has 1 fully saturated rings. The predicted octanol–water partition coefficient (Wildman–Crippen LogP) is 4.40. The number of nitrogens with zero attached hydrogens (tertiary/aromatic N) is 1. The highest BCUT2D eigenvalue weighted by molar-refractivity contribution is 5.84. The normalized spacial score (nSPS) is 22.6. The minimum atomic E-state index is 0.307. The van der Waals surface area contributed by atoms with E-state index in [4.69, 9.17) is 0 Å². The van der Waals surface area contributed by atoms with Crippen molar-refractivity contribution in [2.75, 3.05) is 11.9 Å². The first-order valence-corrected chi connectivity index (χ1v) is 7.34. The summed E-state index contributed by atoms with van der Waals surface area (Å²) in [6.45, 7) is 11.5. The standard InChI is InChI=1S/C18H22N2/c1-5-13-14-9-7-8-10-16(14)19-18-15(13)11-20(12(3)4)17(18)6-2/h6-10,18-19H,3,5,11H2,1-2,4H3/b17-6-. The van der Waals surface area contributed by atoms with Gasteiger partial charge in [-0.15, -0.1) is 0 Å². The molecule has 0 amide bonds.